The largest absolute Gasteiger partial charge is 0.497 e. The minimum atomic E-state index is -0.164. The molecule has 1 heterocycles. The molecule has 1 aliphatic heterocycles. The van der Waals surface area contributed by atoms with Crippen LogP contribution in [0.3, 0.4) is 0 Å². The Morgan fingerprint density at radius 2 is 2.07 bits per heavy atom. The Labute approximate surface area is 159 Å². The quantitative estimate of drug-likeness (QED) is 0.758. The van der Waals surface area contributed by atoms with Gasteiger partial charge < -0.3 is 19.5 Å². The van der Waals surface area contributed by atoms with Gasteiger partial charge in [-0.1, -0.05) is 12.1 Å². The van der Waals surface area contributed by atoms with Gasteiger partial charge in [-0.15, -0.1) is 0 Å². The second-order valence-electron chi connectivity index (χ2n) is 6.46. The molecule has 1 amide bonds. The van der Waals surface area contributed by atoms with Crippen LogP contribution in [0.4, 0.5) is 0 Å². The van der Waals surface area contributed by atoms with Crippen LogP contribution < -0.4 is 19.5 Å². The van der Waals surface area contributed by atoms with Gasteiger partial charge in [0, 0.05) is 30.2 Å². The number of benzene rings is 2. The van der Waals surface area contributed by atoms with Gasteiger partial charge in [0.05, 0.1) is 13.7 Å². The van der Waals surface area contributed by atoms with Gasteiger partial charge in [-0.25, -0.2) is 0 Å². The van der Waals surface area contributed by atoms with E-state index in [0.717, 1.165) is 40.4 Å². The third kappa shape index (κ3) is 4.82. The highest BCUT2D eigenvalue weighted by molar-refractivity contribution is 5.91. The molecule has 0 aliphatic carbocycles. The maximum absolute atomic E-state index is 12.2. The highest BCUT2D eigenvalue weighted by atomic mass is 16.5. The van der Waals surface area contributed by atoms with E-state index in [1.54, 1.807) is 13.2 Å². The molecular weight excluding hydrogens is 342 g/mol. The second-order valence-corrected chi connectivity index (χ2v) is 6.46. The molecule has 142 valence electrons. The number of hydrogen-bond donors (Lipinski definition) is 1. The summed E-state index contributed by atoms with van der Waals surface area (Å²) in [6.45, 7) is 4.96. The van der Waals surface area contributed by atoms with Crippen molar-refractivity contribution in [1.82, 2.24) is 5.32 Å². The Hall–Kier alpha value is -2.95. The number of methoxy groups -OCH3 is 1. The van der Waals surface area contributed by atoms with E-state index in [9.17, 15) is 4.79 Å². The molecule has 1 atom stereocenters. The summed E-state index contributed by atoms with van der Waals surface area (Å²) in [4.78, 5) is 12.2. The summed E-state index contributed by atoms with van der Waals surface area (Å²) in [6.07, 6.45) is 4.35. The van der Waals surface area contributed by atoms with Crippen LogP contribution in [0.15, 0.2) is 42.5 Å². The molecule has 2 aromatic rings. The van der Waals surface area contributed by atoms with E-state index in [0.29, 0.717) is 13.2 Å². The Morgan fingerprint density at radius 1 is 1.30 bits per heavy atom. The molecular formula is C22H25NO4. The van der Waals surface area contributed by atoms with Crippen LogP contribution in [0.1, 0.15) is 30.5 Å². The minimum absolute atomic E-state index is 0.164. The van der Waals surface area contributed by atoms with E-state index in [-0.39, 0.29) is 12.0 Å². The van der Waals surface area contributed by atoms with Crippen LogP contribution in [0, 0.1) is 0 Å². The van der Waals surface area contributed by atoms with Gasteiger partial charge in [0.15, 0.2) is 0 Å². The highest BCUT2D eigenvalue weighted by Crippen LogP contribution is 2.35. The molecule has 0 fully saturated rings. The Morgan fingerprint density at radius 3 is 2.78 bits per heavy atom. The standard InChI is InChI=1S/C22H25NO4/c1-4-26-20-12-17-11-15(2)27-21(17)13-18(20)14-23-22(24)10-7-16-5-8-19(25-3)9-6-16/h5-10,12-13,15H,4,11,14H2,1-3H3,(H,23,24)/b10-7+/t15-/m0/s1. The van der Waals surface area contributed by atoms with E-state index in [1.807, 2.05) is 50.2 Å². The minimum Gasteiger partial charge on any atom is -0.497 e. The van der Waals surface area contributed by atoms with Crippen molar-refractivity contribution >= 4 is 12.0 Å². The molecule has 0 unspecified atom stereocenters. The summed E-state index contributed by atoms with van der Waals surface area (Å²) in [6, 6.07) is 11.5. The molecule has 3 rings (SSSR count). The van der Waals surface area contributed by atoms with Gasteiger partial charge in [0.2, 0.25) is 5.91 Å². The summed E-state index contributed by atoms with van der Waals surface area (Å²) < 4.78 is 16.7. The van der Waals surface area contributed by atoms with Crippen LogP contribution in [0.25, 0.3) is 6.08 Å². The third-order valence-corrected chi connectivity index (χ3v) is 4.38. The Bertz CT molecular complexity index is 827. The van der Waals surface area contributed by atoms with E-state index in [4.69, 9.17) is 14.2 Å². The average molecular weight is 367 g/mol. The molecule has 0 spiro atoms. The molecule has 1 aliphatic rings. The average Bonchev–Trinajstić information content (AvgIpc) is 3.04. The van der Waals surface area contributed by atoms with Crippen LogP contribution in [-0.2, 0) is 17.8 Å². The molecule has 27 heavy (non-hydrogen) atoms. The van der Waals surface area contributed by atoms with Crippen LogP contribution in [0.5, 0.6) is 17.2 Å². The zero-order valence-corrected chi connectivity index (χ0v) is 16.0. The summed E-state index contributed by atoms with van der Waals surface area (Å²) in [7, 11) is 1.62. The first-order valence-electron chi connectivity index (χ1n) is 9.14. The van der Waals surface area contributed by atoms with E-state index >= 15 is 0 Å². The lowest BCUT2D eigenvalue weighted by Gasteiger charge is -2.13. The zero-order valence-electron chi connectivity index (χ0n) is 16.0. The van der Waals surface area contributed by atoms with Gasteiger partial charge in [-0.2, -0.15) is 0 Å². The van der Waals surface area contributed by atoms with Crippen LogP contribution in [-0.4, -0.2) is 25.7 Å². The topological polar surface area (TPSA) is 56.8 Å². The molecule has 5 heteroatoms. The van der Waals surface area contributed by atoms with Gasteiger partial charge in [0.25, 0.3) is 0 Å². The molecule has 5 nitrogen and oxygen atoms in total. The SMILES string of the molecule is CCOc1cc2c(cc1CNC(=O)/C=C/c1ccc(OC)cc1)O[C@@H](C)C2. The molecule has 1 N–H and O–H groups in total. The van der Waals surface area contributed by atoms with Gasteiger partial charge in [-0.3, -0.25) is 4.79 Å². The molecule has 0 saturated carbocycles. The number of rotatable bonds is 7. The number of hydrogen-bond acceptors (Lipinski definition) is 4. The molecule has 2 aromatic carbocycles. The number of nitrogens with one attached hydrogen (secondary N) is 1. The molecule has 0 aromatic heterocycles. The first kappa shape index (κ1) is 18.8. The Kier molecular flexibility index (Phi) is 6.01. The second kappa shape index (κ2) is 8.62. The first-order chi connectivity index (χ1) is 13.1. The maximum atomic E-state index is 12.2. The van der Waals surface area contributed by atoms with Crippen LogP contribution in [0.2, 0.25) is 0 Å². The molecule has 0 radical (unpaired) electrons. The Balaban J connectivity index is 1.64. The van der Waals surface area contributed by atoms with Crippen molar-refractivity contribution in [2.24, 2.45) is 0 Å². The van der Waals surface area contributed by atoms with Crippen LogP contribution >= 0.6 is 0 Å². The lowest BCUT2D eigenvalue weighted by Crippen LogP contribution is -2.20. The fraction of sp³-hybridized carbons (Fsp3) is 0.318. The van der Waals surface area contributed by atoms with Gasteiger partial charge in [0.1, 0.15) is 23.4 Å². The number of fused-ring (bicyclic) bond motifs is 1. The fourth-order valence-electron chi connectivity index (χ4n) is 3.04. The van der Waals surface area contributed by atoms with E-state index in [2.05, 4.69) is 5.32 Å². The van der Waals surface area contributed by atoms with Crippen molar-refractivity contribution in [3.05, 3.63) is 59.2 Å². The number of carbonyl (C=O) groups is 1. The lowest BCUT2D eigenvalue weighted by atomic mass is 10.1. The van der Waals surface area contributed by atoms with Crippen molar-refractivity contribution in [2.45, 2.75) is 32.9 Å². The molecule has 0 saturated heterocycles. The predicted octanol–water partition coefficient (Wildman–Crippen LogP) is 3.75. The predicted molar refractivity (Wildman–Crippen MR) is 105 cm³/mol. The summed E-state index contributed by atoms with van der Waals surface area (Å²) in [5.74, 6) is 2.30. The van der Waals surface area contributed by atoms with E-state index in [1.165, 1.54) is 6.08 Å². The van der Waals surface area contributed by atoms with Crippen molar-refractivity contribution < 1.29 is 19.0 Å². The van der Waals surface area contributed by atoms with Gasteiger partial charge >= 0.3 is 0 Å². The summed E-state index contributed by atoms with van der Waals surface area (Å²) in [5.41, 5.74) is 3.00. The summed E-state index contributed by atoms with van der Waals surface area (Å²) >= 11 is 0. The molecule has 0 bridgehead atoms. The highest BCUT2D eigenvalue weighted by Gasteiger charge is 2.21. The van der Waals surface area contributed by atoms with Gasteiger partial charge in [-0.05, 0) is 49.8 Å². The lowest BCUT2D eigenvalue weighted by molar-refractivity contribution is -0.116. The maximum Gasteiger partial charge on any atom is 0.244 e. The summed E-state index contributed by atoms with van der Waals surface area (Å²) in [5, 5.41) is 2.91. The third-order valence-electron chi connectivity index (χ3n) is 4.38. The van der Waals surface area contributed by atoms with Crippen molar-refractivity contribution in [3.63, 3.8) is 0 Å². The fourth-order valence-corrected chi connectivity index (χ4v) is 3.04. The number of amides is 1. The number of ether oxygens (including phenoxy) is 3. The number of carbonyl (C=O) groups excluding carboxylic acids is 1. The van der Waals surface area contributed by atoms with E-state index < -0.39 is 0 Å². The smallest absolute Gasteiger partial charge is 0.244 e. The monoisotopic (exact) mass is 367 g/mol. The first-order valence-corrected chi connectivity index (χ1v) is 9.14. The van der Waals surface area contributed by atoms with Crippen molar-refractivity contribution in [1.29, 1.82) is 0 Å². The van der Waals surface area contributed by atoms with Crippen molar-refractivity contribution in [2.75, 3.05) is 13.7 Å². The van der Waals surface area contributed by atoms with Crippen molar-refractivity contribution in [3.8, 4) is 17.2 Å². The normalized spacial score (nSPS) is 15.3. The zero-order chi connectivity index (χ0) is 19.2.